The fourth-order valence-corrected chi connectivity index (χ4v) is 3.13. The van der Waals surface area contributed by atoms with Crippen LogP contribution in [0.2, 0.25) is 0 Å². The number of hydrogen-bond acceptors (Lipinski definition) is 5. The van der Waals surface area contributed by atoms with Gasteiger partial charge in [-0.15, -0.1) is 0 Å². The average molecular weight is 369 g/mol. The summed E-state index contributed by atoms with van der Waals surface area (Å²) < 4.78 is 6.07. The molecular formula is C19H19N3O3S. The number of carbonyl (C=O) groups excluding carboxylic acids is 2. The number of carbonyl (C=O) groups is 2. The predicted molar refractivity (Wildman–Crippen MR) is 104 cm³/mol. The minimum absolute atomic E-state index is 0.0735. The molecule has 0 aliphatic heterocycles. The van der Waals surface area contributed by atoms with E-state index in [9.17, 15) is 9.59 Å². The van der Waals surface area contributed by atoms with E-state index in [-0.39, 0.29) is 17.7 Å². The van der Waals surface area contributed by atoms with Crippen LogP contribution in [0.3, 0.4) is 0 Å². The van der Waals surface area contributed by atoms with Crippen molar-refractivity contribution in [3.05, 3.63) is 48.0 Å². The Hall–Kier alpha value is -2.93. The van der Waals surface area contributed by atoms with Crippen LogP contribution in [0.25, 0.3) is 10.2 Å². The number of anilines is 2. The summed E-state index contributed by atoms with van der Waals surface area (Å²) in [5.74, 6) is 0.209. The highest BCUT2D eigenvalue weighted by Gasteiger charge is 2.12. The van der Waals surface area contributed by atoms with Gasteiger partial charge in [0.1, 0.15) is 5.75 Å². The molecule has 0 radical (unpaired) electrons. The molecule has 0 spiro atoms. The molecule has 134 valence electrons. The number of fused-ring (bicyclic) bond motifs is 1. The zero-order chi connectivity index (χ0) is 18.7. The van der Waals surface area contributed by atoms with Crippen LogP contribution in [0.15, 0.2) is 42.5 Å². The van der Waals surface area contributed by atoms with E-state index in [0.717, 1.165) is 10.2 Å². The first-order chi connectivity index (χ1) is 12.5. The van der Waals surface area contributed by atoms with Crippen molar-refractivity contribution in [1.82, 2.24) is 4.98 Å². The van der Waals surface area contributed by atoms with E-state index in [2.05, 4.69) is 15.6 Å². The zero-order valence-corrected chi connectivity index (χ0v) is 15.5. The third-order valence-electron chi connectivity index (χ3n) is 3.73. The number of benzene rings is 2. The fraction of sp³-hybridized carbons (Fsp3) is 0.211. The van der Waals surface area contributed by atoms with Gasteiger partial charge in [0.2, 0.25) is 5.91 Å². The monoisotopic (exact) mass is 369 g/mol. The Labute approximate surface area is 155 Å². The molecular weight excluding hydrogens is 350 g/mol. The predicted octanol–water partition coefficient (Wildman–Crippen LogP) is 4.15. The van der Waals surface area contributed by atoms with Crippen LogP contribution in [-0.2, 0) is 4.79 Å². The summed E-state index contributed by atoms with van der Waals surface area (Å²) in [6.07, 6.45) is 0. The van der Waals surface area contributed by atoms with Gasteiger partial charge in [0.05, 0.1) is 17.3 Å². The van der Waals surface area contributed by atoms with Crippen molar-refractivity contribution in [2.45, 2.75) is 13.8 Å². The molecule has 0 fully saturated rings. The Balaban J connectivity index is 1.78. The molecule has 1 aromatic heterocycles. The summed E-state index contributed by atoms with van der Waals surface area (Å²) >= 11 is 1.40. The highest BCUT2D eigenvalue weighted by Crippen LogP contribution is 2.28. The zero-order valence-electron chi connectivity index (χ0n) is 14.7. The maximum absolute atomic E-state index is 12.4. The molecule has 0 saturated heterocycles. The number of thiazole rings is 1. The SMILES string of the molecule is COc1cccc(C(=O)Nc2ccc3sc(NC(=O)C(C)C)nc3c2)c1. The lowest BCUT2D eigenvalue weighted by molar-refractivity contribution is -0.118. The van der Waals surface area contributed by atoms with E-state index >= 15 is 0 Å². The number of amides is 2. The molecule has 26 heavy (non-hydrogen) atoms. The number of ether oxygens (including phenoxy) is 1. The van der Waals surface area contributed by atoms with E-state index < -0.39 is 0 Å². The average Bonchev–Trinajstić information content (AvgIpc) is 3.03. The number of aromatic nitrogens is 1. The van der Waals surface area contributed by atoms with Gasteiger partial charge >= 0.3 is 0 Å². The topological polar surface area (TPSA) is 80.3 Å². The second-order valence-corrected chi connectivity index (χ2v) is 7.06. The smallest absolute Gasteiger partial charge is 0.255 e. The van der Waals surface area contributed by atoms with Gasteiger partial charge in [0.25, 0.3) is 5.91 Å². The maximum Gasteiger partial charge on any atom is 0.255 e. The van der Waals surface area contributed by atoms with Gasteiger partial charge in [-0.1, -0.05) is 31.3 Å². The highest BCUT2D eigenvalue weighted by atomic mass is 32.1. The molecule has 0 saturated carbocycles. The lowest BCUT2D eigenvalue weighted by Gasteiger charge is -2.06. The molecule has 0 atom stereocenters. The second kappa shape index (κ2) is 7.53. The fourth-order valence-electron chi connectivity index (χ4n) is 2.28. The number of methoxy groups -OCH3 is 1. The van der Waals surface area contributed by atoms with Gasteiger partial charge in [-0.05, 0) is 36.4 Å². The van der Waals surface area contributed by atoms with Crippen molar-refractivity contribution in [2.24, 2.45) is 5.92 Å². The van der Waals surface area contributed by atoms with Crippen molar-refractivity contribution in [3.63, 3.8) is 0 Å². The van der Waals surface area contributed by atoms with Crippen LogP contribution in [0.5, 0.6) is 5.75 Å². The normalized spacial score (nSPS) is 10.8. The first-order valence-electron chi connectivity index (χ1n) is 8.13. The van der Waals surface area contributed by atoms with Crippen LogP contribution in [-0.4, -0.2) is 23.9 Å². The van der Waals surface area contributed by atoms with Gasteiger partial charge in [-0.2, -0.15) is 0 Å². The Kier molecular flexibility index (Phi) is 5.18. The highest BCUT2D eigenvalue weighted by molar-refractivity contribution is 7.22. The van der Waals surface area contributed by atoms with Gasteiger partial charge in [0, 0.05) is 17.2 Å². The lowest BCUT2D eigenvalue weighted by Crippen LogP contribution is -2.17. The van der Waals surface area contributed by atoms with Crippen molar-refractivity contribution in [2.75, 3.05) is 17.7 Å². The summed E-state index contributed by atoms with van der Waals surface area (Å²) in [4.78, 5) is 28.6. The third kappa shape index (κ3) is 4.00. The van der Waals surface area contributed by atoms with E-state index in [0.29, 0.717) is 22.1 Å². The molecule has 2 aromatic carbocycles. The van der Waals surface area contributed by atoms with Crippen LogP contribution in [0.1, 0.15) is 24.2 Å². The Morgan fingerprint density at radius 1 is 1.12 bits per heavy atom. The largest absolute Gasteiger partial charge is 0.497 e. The van der Waals surface area contributed by atoms with Crippen LogP contribution >= 0.6 is 11.3 Å². The standard InChI is InChI=1S/C19H19N3O3S/c1-11(2)17(23)22-19-21-15-10-13(7-8-16(15)26-19)20-18(24)12-5-4-6-14(9-12)25-3/h4-11H,1-3H3,(H,20,24)(H,21,22,23). The molecule has 0 aliphatic carbocycles. The summed E-state index contributed by atoms with van der Waals surface area (Å²) in [6, 6.07) is 12.4. The van der Waals surface area contributed by atoms with Gasteiger partial charge < -0.3 is 15.4 Å². The van der Waals surface area contributed by atoms with Gasteiger partial charge in [-0.3, -0.25) is 9.59 Å². The molecule has 0 unspecified atom stereocenters. The first kappa shape index (κ1) is 17.9. The summed E-state index contributed by atoms with van der Waals surface area (Å²) in [5, 5.41) is 6.20. The van der Waals surface area contributed by atoms with Crippen molar-refractivity contribution in [1.29, 1.82) is 0 Å². The number of nitrogens with zero attached hydrogens (tertiary/aromatic N) is 1. The minimum atomic E-state index is -0.230. The molecule has 3 rings (SSSR count). The number of hydrogen-bond donors (Lipinski definition) is 2. The van der Waals surface area contributed by atoms with Crippen LogP contribution in [0.4, 0.5) is 10.8 Å². The molecule has 0 aliphatic rings. The van der Waals surface area contributed by atoms with Crippen molar-refractivity contribution in [3.8, 4) is 5.75 Å². The molecule has 7 heteroatoms. The second-order valence-electron chi connectivity index (χ2n) is 6.03. The Morgan fingerprint density at radius 2 is 1.92 bits per heavy atom. The molecule has 1 heterocycles. The van der Waals surface area contributed by atoms with E-state index in [4.69, 9.17) is 4.74 Å². The van der Waals surface area contributed by atoms with Gasteiger partial charge in [0.15, 0.2) is 5.13 Å². The van der Waals surface area contributed by atoms with Gasteiger partial charge in [-0.25, -0.2) is 4.98 Å². The van der Waals surface area contributed by atoms with Crippen molar-refractivity contribution >= 4 is 44.2 Å². The number of nitrogens with one attached hydrogen (secondary N) is 2. The molecule has 6 nitrogen and oxygen atoms in total. The maximum atomic E-state index is 12.4. The lowest BCUT2D eigenvalue weighted by atomic mass is 10.2. The van der Waals surface area contributed by atoms with E-state index in [1.54, 1.807) is 37.4 Å². The minimum Gasteiger partial charge on any atom is -0.497 e. The summed E-state index contributed by atoms with van der Waals surface area (Å²) in [7, 11) is 1.56. The molecule has 0 bridgehead atoms. The van der Waals surface area contributed by atoms with Crippen LogP contribution in [0, 0.1) is 5.92 Å². The number of rotatable bonds is 5. The molecule has 2 N–H and O–H groups in total. The summed E-state index contributed by atoms with van der Waals surface area (Å²) in [6.45, 7) is 3.66. The molecule has 3 aromatic rings. The summed E-state index contributed by atoms with van der Waals surface area (Å²) in [5.41, 5.74) is 1.86. The Morgan fingerprint density at radius 3 is 2.65 bits per heavy atom. The van der Waals surface area contributed by atoms with E-state index in [1.165, 1.54) is 11.3 Å². The van der Waals surface area contributed by atoms with Crippen molar-refractivity contribution < 1.29 is 14.3 Å². The first-order valence-corrected chi connectivity index (χ1v) is 8.95. The van der Waals surface area contributed by atoms with E-state index in [1.807, 2.05) is 26.0 Å². The molecule has 2 amide bonds. The quantitative estimate of drug-likeness (QED) is 0.708. The van der Waals surface area contributed by atoms with Crippen LogP contribution < -0.4 is 15.4 Å². The third-order valence-corrected chi connectivity index (χ3v) is 4.68. The Bertz CT molecular complexity index is 966.